The molecule has 2 aromatic heterocycles. The molecule has 5 rings (SSSR count). The van der Waals surface area contributed by atoms with Crippen molar-refractivity contribution in [3.63, 3.8) is 0 Å². The summed E-state index contributed by atoms with van der Waals surface area (Å²) in [5.41, 5.74) is 0.462. The van der Waals surface area contributed by atoms with Gasteiger partial charge in [0, 0.05) is 11.4 Å². The second kappa shape index (κ2) is 7.90. The minimum absolute atomic E-state index is 0.0173. The van der Waals surface area contributed by atoms with Crippen LogP contribution in [0.25, 0.3) is 10.9 Å². The number of piperidine rings is 1. The molecule has 3 atom stereocenters. The molecular formula is C22H20ClN5O4. The number of rotatable bonds is 5. The molecule has 10 heteroatoms. The number of aromatic carboxylic acids is 1. The number of carbonyl (C=O) groups is 3. The number of halogens is 1. The predicted molar refractivity (Wildman–Crippen MR) is 116 cm³/mol. The van der Waals surface area contributed by atoms with E-state index >= 15 is 0 Å². The quantitative estimate of drug-likeness (QED) is 0.573. The number of para-hydroxylation sites is 1. The van der Waals surface area contributed by atoms with E-state index in [2.05, 4.69) is 15.4 Å². The van der Waals surface area contributed by atoms with Crippen molar-refractivity contribution in [1.29, 1.82) is 0 Å². The van der Waals surface area contributed by atoms with Gasteiger partial charge in [0.15, 0.2) is 5.69 Å². The number of nitrogens with zero attached hydrogens (tertiary/aromatic N) is 4. The van der Waals surface area contributed by atoms with Crippen molar-refractivity contribution in [3.05, 3.63) is 53.3 Å². The van der Waals surface area contributed by atoms with Gasteiger partial charge in [-0.15, -0.1) is 0 Å². The van der Waals surface area contributed by atoms with Gasteiger partial charge in [-0.05, 0) is 43.4 Å². The van der Waals surface area contributed by atoms with Gasteiger partial charge < -0.3 is 15.3 Å². The van der Waals surface area contributed by atoms with Crippen molar-refractivity contribution in [1.82, 2.24) is 19.7 Å². The second-order valence-electron chi connectivity index (χ2n) is 8.14. The van der Waals surface area contributed by atoms with Gasteiger partial charge in [0.25, 0.3) is 0 Å². The largest absolute Gasteiger partial charge is 0.476 e. The van der Waals surface area contributed by atoms with Crippen molar-refractivity contribution in [2.75, 3.05) is 5.32 Å². The van der Waals surface area contributed by atoms with E-state index in [1.165, 1.54) is 4.68 Å². The molecule has 164 valence electrons. The molecule has 1 saturated heterocycles. The highest BCUT2D eigenvalue weighted by Gasteiger charge is 2.51. The highest BCUT2D eigenvalue weighted by atomic mass is 35.5. The average Bonchev–Trinajstić information content (AvgIpc) is 3.47. The molecule has 9 nitrogen and oxygen atoms in total. The van der Waals surface area contributed by atoms with E-state index in [0.29, 0.717) is 16.7 Å². The van der Waals surface area contributed by atoms with E-state index in [-0.39, 0.29) is 41.2 Å². The lowest BCUT2D eigenvalue weighted by Gasteiger charge is -2.34. The summed E-state index contributed by atoms with van der Waals surface area (Å²) < 4.78 is 1.40. The Labute approximate surface area is 188 Å². The summed E-state index contributed by atoms with van der Waals surface area (Å²) >= 11 is 5.91. The van der Waals surface area contributed by atoms with E-state index in [1.54, 1.807) is 47.4 Å². The molecule has 1 aliphatic carbocycles. The smallest absolute Gasteiger partial charge is 0.357 e. The van der Waals surface area contributed by atoms with Crippen LogP contribution in [0.4, 0.5) is 5.82 Å². The fourth-order valence-electron chi connectivity index (χ4n) is 4.98. The van der Waals surface area contributed by atoms with E-state index in [1.807, 2.05) is 0 Å². The van der Waals surface area contributed by atoms with Gasteiger partial charge in [0.1, 0.15) is 23.6 Å². The molecule has 2 bridgehead atoms. The molecule has 1 saturated carbocycles. The molecular weight excluding hydrogens is 434 g/mol. The maximum atomic E-state index is 13.3. The van der Waals surface area contributed by atoms with Crippen molar-refractivity contribution in [3.8, 4) is 0 Å². The Balaban J connectivity index is 1.41. The Hall–Kier alpha value is -3.46. The van der Waals surface area contributed by atoms with E-state index in [9.17, 15) is 19.5 Å². The van der Waals surface area contributed by atoms with Gasteiger partial charge in [0.05, 0.1) is 5.52 Å². The maximum Gasteiger partial charge on any atom is 0.357 e. The van der Waals surface area contributed by atoms with Crippen LogP contribution < -0.4 is 5.32 Å². The number of benzene rings is 1. The third kappa shape index (κ3) is 3.48. The average molecular weight is 454 g/mol. The second-order valence-corrected chi connectivity index (χ2v) is 8.52. The highest BCUT2D eigenvalue weighted by molar-refractivity contribution is 6.29. The number of hydrogen-bond donors (Lipinski definition) is 2. The van der Waals surface area contributed by atoms with E-state index in [4.69, 9.17) is 11.6 Å². The standard InChI is InChI=1S/C22H20ClN5O4/c23-16-6-3-7-17(24-16)25-21(30)20-12-8-9-13(10-12)28(20)18(29)11-27-15-5-2-1-4-14(15)19(26-27)22(31)32/h1-7,12-13,20H,8-11H2,(H,31,32)(H,24,25,30)/t12-,13+,20-/m0/s1. The first kappa shape index (κ1) is 20.4. The van der Waals surface area contributed by atoms with Gasteiger partial charge in [-0.25, -0.2) is 9.78 Å². The molecule has 0 spiro atoms. The van der Waals surface area contributed by atoms with Gasteiger partial charge in [0.2, 0.25) is 11.8 Å². The minimum atomic E-state index is -1.15. The van der Waals surface area contributed by atoms with Crippen molar-refractivity contribution < 1.29 is 19.5 Å². The Bertz CT molecular complexity index is 1240. The Morgan fingerprint density at radius 2 is 1.94 bits per heavy atom. The van der Waals surface area contributed by atoms with Crippen LogP contribution in [0.15, 0.2) is 42.5 Å². The molecule has 2 aliphatic rings. The first-order valence-electron chi connectivity index (χ1n) is 10.4. The first-order chi connectivity index (χ1) is 15.4. The summed E-state index contributed by atoms with van der Waals surface area (Å²) in [7, 11) is 0. The van der Waals surface area contributed by atoms with Crippen LogP contribution in [0.2, 0.25) is 5.15 Å². The molecule has 1 aliphatic heterocycles. The topological polar surface area (TPSA) is 117 Å². The molecule has 0 unspecified atom stereocenters. The summed E-state index contributed by atoms with van der Waals surface area (Å²) in [6.07, 6.45) is 2.49. The van der Waals surface area contributed by atoms with Gasteiger partial charge >= 0.3 is 5.97 Å². The Morgan fingerprint density at radius 3 is 2.72 bits per heavy atom. The summed E-state index contributed by atoms with van der Waals surface area (Å²) in [6, 6.07) is 11.2. The third-order valence-corrected chi connectivity index (χ3v) is 6.46. The zero-order chi connectivity index (χ0) is 22.4. The predicted octanol–water partition coefficient (Wildman–Crippen LogP) is 2.80. The minimum Gasteiger partial charge on any atom is -0.476 e. The number of carboxylic acid groups (broad SMARTS) is 1. The lowest BCUT2D eigenvalue weighted by Crippen LogP contribution is -2.52. The highest BCUT2D eigenvalue weighted by Crippen LogP contribution is 2.43. The van der Waals surface area contributed by atoms with E-state index < -0.39 is 12.0 Å². The van der Waals surface area contributed by atoms with Crippen molar-refractivity contribution in [2.24, 2.45) is 5.92 Å². The number of fused-ring (bicyclic) bond motifs is 3. The maximum absolute atomic E-state index is 13.3. The van der Waals surface area contributed by atoms with Crippen LogP contribution in [-0.2, 0) is 16.1 Å². The summed E-state index contributed by atoms with van der Waals surface area (Å²) in [6.45, 7) is -0.143. The van der Waals surface area contributed by atoms with Crippen LogP contribution >= 0.6 is 11.6 Å². The van der Waals surface area contributed by atoms with Crippen LogP contribution in [0.3, 0.4) is 0 Å². The molecule has 2 N–H and O–H groups in total. The van der Waals surface area contributed by atoms with Gasteiger partial charge in [-0.1, -0.05) is 35.9 Å². The van der Waals surface area contributed by atoms with Crippen LogP contribution in [0, 0.1) is 5.92 Å². The molecule has 0 radical (unpaired) electrons. The summed E-state index contributed by atoms with van der Waals surface area (Å²) in [5.74, 6) is -1.30. The number of pyridine rings is 1. The number of amides is 2. The summed E-state index contributed by atoms with van der Waals surface area (Å²) in [5, 5.41) is 17.1. The molecule has 3 heterocycles. The summed E-state index contributed by atoms with van der Waals surface area (Å²) in [4.78, 5) is 43.8. The monoisotopic (exact) mass is 453 g/mol. The lowest BCUT2D eigenvalue weighted by molar-refractivity contribution is -0.141. The fourth-order valence-corrected chi connectivity index (χ4v) is 5.14. The van der Waals surface area contributed by atoms with Crippen LogP contribution in [0.5, 0.6) is 0 Å². The Kier molecular flexibility index (Phi) is 5.05. The number of anilines is 1. The lowest BCUT2D eigenvalue weighted by atomic mass is 9.97. The SMILES string of the molecule is O=C(O)c1nn(CC(=O)N2[C@@H]3CC[C@@H](C3)[C@H]2C(=O)Nc2cccc(Cl)n2)c2ccccc12. The number of hydrogen-bond acceptors (Lipinski definition) is 5. The number of nitrogens with one attached hydrogen (secondary N) is 1. The molecule has 2 fully saturated rings. The van der Waals surface area contributed by atoms with Crippen LogP contribution in [-0.4, -0.2) is 54.6 Å². The number of aromatic nitrogens is 3. The molecule has 2 amide bonds. The fraction of sp³-hybridized carbons (Fsp3) is 0.318. The van der Waals surface area contributed by atoms with Gasteiger partial charge in [-0.3, -0.25) is 14.3 Å². The Morgan fingerprint density at radius 1 is 1.12 bits per heavy atom. The normalized spacial score (nSPS) is 21.8. The van der Waals surface area contributed by atoms with Gasteiger partial charge in [-0.2, -0.15) is 5.10 Å². The zero-order valence-electron chi connectivity index (χ0n) is 16.9. The third-order valence-electron chi connectivity index (χ3n) is 6.25. The first-order valence-corrected chi connectivity index (χ1v) is 10.7. The number of carboxylic acids is 1. The van der Waals surface area contributed by atoms with Crippen molar-refractivity contribution in [2.45, 2.75) is 37.9 Å². The number of carbonyl (C=O) groups excluding carboxylic acids is 2. The van der Waals surface area contributed by atoms with E-state index in [0.717, 1.165) is 19.3 Å². The zero-order valence-corrected chi connectivity index (χ0v) is 17.7. The van der Waals surface area contributed by atoms with Crippen molar-refractivity contribution >= 4 is 46.1 Å². The number of likely N-dealkylation sites (tertiary alicyclic amines) is 1. The molecule has 1 aromatic carbocycles. The molecule has 32 heavy (non-hydrogen) atoms. The molecule has 3 aromatic rings. The van der Waals surface area contributed by atoms with Crippen LogP contribution in [0.1, 0.15) is 29.8 Å².